The molecular formula is C24H21NO4. The second-order valence-electron chi connectivity index (χ2n) is 7.21. The molecule has 29 heavy (non-hydrogen) atoms. The number of carboxylic acid groups (broad SMARTS) is 2. The summed E-state index contributed by atoms with van der Waals surface area (Å²) in [5.41, 5.74) is 5.01. The highest BCUT2D eigenvalue weighted by Gasteiger charge is 2.36. The zero-order valence-electron chi connectivity index (χ0n) is 15.7. The fraction of sp³-hybridized carbons (Fsp3) is 0.167. The average Bonchev–Trinajstić information content (AvgIpc) is 3.05. The van der Waals surface area contributed by atoms with E-state index in [1.165, 1.54) is 0 Å². The molecule has 0 spiro atoms. The second kappa shape index (κ2) is 7.80. The molecular weight excluding hydrogens is 366 g/mol. The summed E-state index contributed by atoms with van der Waals surface area (Å²) in [6.45, 7) is 0.0904. The molecule has 0 aromatic heterocycles. The normalized spacial score (nSPS) is 13.4. The smallest absolute Gasteiger partial charge is 0.408 e. The number of nitrogens with zero attached hydrogens (tertiary/aromatic N) is 1. The van der Waals surface area contributed by atoms with Crippen LogP contribution in [0.2, 0.25) is 0 Å². The number of carbonyl (C=O) groups is 2. The van der Waals surface area contributed by atoms with Crippen LogP contribution >= 0.6 is 0 Å². The van der Waals surface area contributed by atoms with Crippen molar-refractivity contribution in [3.63, 3.8) is 0 Å². The number of rotatable bonds is 6. The number of fused-ring (bicyclic) bond motifs is 3. The summed E-state index contributed by atoms with van der Waals surface area (Å²) >= 11 is 0. The van der Waals surface area contributed by atoms with E-state index in [9.17, 15) is 19.8 Å². The minimum atomic E-state index is -1.23. The molecule has 5 heteroatoms. The first-order chi connectivity index (χ1) is 14.1. The van der Waals surface area contributed by atoms with E-state index in [4.69, 9.17) is 0 Å². The predicted octanol–water partition coefficient (Wildman–Crippen LogP) is 4.47. The molecule has 0 aliphatic heterocycles. The Morgan fingerprint density at radius 1 is 0.793 bits per heavy atom. The van der Waals surface area contributed by atoms with Gasteiger partial charge in [0, 0.05) is 18.9 Å². The molecule has 2 N–H and O–H groups in total. The van der Waals surface area contributed by atoms with Crippen molar-refractivity contribution in [3.05, 3.63) is 95.6 Å². The number of amides is 1. The lowest BCUT2D eigenvalue weighted by Crippen LogP contribution is -2.47. The van der Waals surface area contributed by atoms with Crippen LogP contribution in [0, 0.1) is 0 Å². The van der Waals surface area contributed by atoms with Crippen LogP contribution in [0.1, 0.15) is 22.6 Å². The van der Waals surface area contributed by atoms with Crippen LogP contribution in [0.3, 0.4) is 0 Å². The minimum absolute atomic E-state index is 0.0904. The molecule has 0 fully saturated rings. The molecule has 0 radical (unpaired) electrons. The lowest BCUT2D eigenvalue weighted by atomic mass is 9.95. The van der Waals surface area contributed by atoms with Gasteiger partial charge in [-0.2, -0.15) is 0 Å². The van der Waals surface area contributed by atoms with Gasteiger partial charge in [-0.3, -0.25) is 4.90 Å². The minimum Gasteiger partial charge on any atom is -0.480 e. The maximum atomic E-state index is 12.1. The largest absolute Gasteiger partial charge is 0.480 e. The summed E-state index contributed by atoms with van der Waals surface area (Å²) in [6, 6.07) is 23.8. The molecule has 1 aliphatic carbocycles. The van der Waals surface area contributed by atoms with Crippen molar-refractivity contribution in [1.29, 1.82) is 0 Å². The summed E-state index contributed by atoms with van der Waals surface area (Å²) in [6.07, 6.45) is -1.10. The molecule has 1 aliphatic rings. The summed E-state index contributed by atoms with van der Waals surface area (Å²) in [4.78, 5) is 25.2. The van der Waals surface area contributed by atoms with Gasteiger partial charge in [0.25, 0.3) is 0 Å². The van der Waals surface area contributed by atoms with Crippen molar-refractivity contribution in [3.8, 4) is 11.1 Å². The van der Waals surface area contributed by atoms with Gasteiger partial charge >= 0.3 is 12.1 Å². The summed E-state index contributed by atoms with van der Waals surface area (Å²) in [7, 11) is 0. The fourth-order valence-electron chi connectivity index (χ4n) is 4.16. The van der Waals surface area contributed by atoms with E-state index in [1.54, 1.807) is 0 Å². The Balaban J connectivity index is 1.69. The number of aliphatic carboxylic acids is 1. The van der Waals surface area contributed by atoms with E-state index >= 15 is 0 Å². The molecule has 0 unspecified atom stereocenters. The fourth-order valence-corrected chi connectivity index (χ4v) is 4.16. The summed E-state index contributed by atoms with van der Waals surface area (Å²) in [5, 5.41) is 19.7. The third-order valence-electron chi connectivity index (χ3n) is 5.52. The monoisotopic (exact) mass is 387 g/mol. The topological polar surface area (TPSA) is 77.8 Å². The Bertz CT molecular complexity index is 1000. The lowest BCUT2D eigenvalue weighted by Gasteiger charge is -2.29. The molecule has 0 saturated heterocycles. The van der Waals surface area contributed by atoms with E-state index in [0.29, 0.717) is 0 Å². The van der Waals surface area contributed by atoms with E-state index in [1.807, 2.05) is 78.9 Å². The van der Waals surface area contributed by atoms with E-state index in [-0.39, 0.29) is 18.9 Å². The molecule has 0 bridgehead atoms. The first kappa shape index (κ1) is 18.7. The quantitative estimate of drug-likeness (QED) is 0.654. The van der Waals surface area contributed by atoms with Gasteiger partial charge in [0.15, 0.2) is 0 Å². The first-order valence-corrected chi connectivity index (χ1v) is 9.50. The van der Waals surface area contributed by atoms with Crippen LogP contribution in [0.4, 0.5) is 4.79 Å². The molecule has 0 heterocycles. The lowest BCUT2D eigenvalue weighted by molar-refractivity contribution is -0.142. The maximum absolute atomic E-state index is 12.1. The van der Waals surface area contributed by atoms with Gasteiger partial charge in [-0.25, -0.2) is 9.59 Å². The highest BCUT2D eigenvalue weighted by atomic mass is 16.4. The third kappa shape index (κ3) is 3.59. The highest BCUT2D eigenvalue weighted by Crippen LogP contribution is 2.45. The molecule has 3 aromatic rings. The molecule has 1 amide bonds. The van der Waals surface area contributed by atoms with Crippen molar-refractivity contribution in [2.24, 2.45) is 0 Å². The van der Waals surface area contributed by atoms with E-state index in [0.717, 1.165) is 32.7 Å². The molecule has 146 valence electrons. The van der Waals surface area contributed by atoms with Gasteiger partial charge in [0.1, 0.15) is 6.04 Å². The van der Waals surface area contributed by atoms with Crippen molar-refractivity contribution in [2.75, 3.05) is 6.54 Å². The molecule has 3 aromatic carbocycles. The number of hydrogen-bond acceptors (Lipinski definition) is 2. The zero-order chi connectivity index (χ0) is 20.4. The number of hydrogen-bond donors (Lipinski definition) is 2. The second-order valence-corrected chi connectivity index (χ2v) is 7.21. The van der Waals surface area contributed by atoms with Gasteiger partial charge in [-0.05, 0) is 27.8 Å². The standard InChI is InChI=1S/C24H21NO4/c26-23(27)22(14-16-8-2-1-3-9-16)25(24(28)29)15-21-19-12-6-4-10-17(19)18-11-5-7-13-20(18)21/h1-13,21-22H,14-15H2,(H,26,27)(H,28,29)/t22-/m0/s1. The van der Waals surface area contributed by atoms with Gasteiger partial charge in [-0.15, -0.1) is 0 Å². The van der Waals surface area contributed by atoms with E-state index in [2.05, 4.69) is 0 Å². The van der Waals surface area contributed by atoms with Gasteiger partial charge < -0.3 is 10.2 Å². The SMILES string of the molecule is O=C(O)[C@H](Cc1ccccc1)N(CC1c2ccccc2-c2ccccc21)C(=O)O. The molecule has 0 saturated carbocycles. The zero-order valence-corrected chi connectivity index (χ0v) is 15.7. The van der Waals surface area contributed by atoms with Gasteiger partial charge in [0.2, 0.25) is 0 Å². The predicted molar refractivity (Wildman–Crippen MR) is 110 cm³/mol. The Morgan fingerprint density at radius 3 is 1.83 bits per heavy atom. The Hall–Kier alpha value is -3.60. The number of benzene rings is 3. The van der Waals surface area contributed by atoms with Crippen LogP contribution in [-0.4, -0.2) is 39.8 Å². The van der Waals surface area contributed by atoms with Crippen LogP contribution in [0.15, 0.2) is 78.9 Å². The molecule has 1 atom stereocenters. The van der Waals surface area contributed by atoms with Crippen molar-refractivity contribution in [2.45, 2.75) is 18.4 Å². The van der Waals surface area contributed by atoms with Crippen LogP contribution in [0.25, 0.3) is 11.1 Å². The van der Waals surface area contributed by atoms with Crippen molar-refractivity contribution < 1.29 is 19.8 Å². The molecule has 5 nitrogen and oxygen atoms in total. The maximum Gasteiger partial charge on any atom is 0.408 e. The van der Waals surface area contributed by atoms with Crippen molar-refractivity contribution >= 4 is 12.1 Å². The van der Waals surface area contributed by atoms with Gasteiger partial charge in [-0.1, -0.05) is 78.9 Å². The van der Waals surface area contributed by atoms with Crippen LogP contribution < -0.4 is 0 Å². The highest BCUT2D eigenvalue weighted by molar-refractivity contribution is 5.81. The Kier molecular flexibility index (Phi) is 5.04. The van der Waals surface area contributed by atoms with E-state index < -0.39 is 18.1 Å². The summed E-state index contributed by atoms with van der Waals surface area (Å²) in [5.74, 6) is -1.34. The Labute approximate surface area is 168 Å². The van der Waals surface area contributed by atoms with Crippen LogP contribution in [-0.2, 0) is 11.2 Å². The van der Waals surface area contributed by atoms with Crippen LogP contribution in [0.5, 0.6) is 0 Å². The summed E-state index contributed by atoms with van der Waals surface area (Å²) < 4.78 is 0. The molecule has 4 rings (SSSR count). The third-order valence-corrected chi connectivity index (χ3v) is 5.52. The number of carboxylic acids is 1. The first-order valence-electron chi connectivity index (χ1n) is 9.50. The Morgan fingerprint density at radius 2 is 1.31 bits per heavy atom. The van der Waals surface area contributed by atoms with Crippen molar-refractivity contribution in [1.82, 2.24) is 4.90 Å². The average molecular weight is 387 g/mol. The van der Waals surface area contributed by atoms with Gasteiger partial charge in [0.05, 0.1) is 0 Å².